The normalized spacial score (nSPS) is 17.5. The first kappa shape index (κ1) is 12.4. The molecule has 0 aromatic carbocycles. The summed E-state index contributed by atoms with van der Waals surface area (Å²) in [6.07, 6.45) is 4.88. The van der Waals surface area contributed by atoms with Crippen molar-refractivity contribution in [3.8, 4) is 0 Å². The summed E-state index contributed by atoms with van der Waals surface area (Å²) < 4.78 is 0. The lowest BCUT2D eigenvalue weighted by Crippen LogP contribution is -2.32. The molecule has 0 aliphatic heterocycles. The van der Waals surface area contributed by atoms with Crippen LogP contribution in [0.4, 0.5) is 0 Å². The number of unbranched alkanes of at least 4 members (excludes halogenated alkanes) is 1. The number of rotatable bonds is 6. The first-order valence-corrected chi connectivity index (χ1v) is 4.97. The van der Waals surface area contributed by atoms with E-state index in [2.05, 4.69) is 20.1 Å². The van der Waals surface area contributed by atoms with Crippen molar-refractivity contribution in [3.63, 3.8) is 0 Å². The van der Waals surface area contributed by atoms with E-state index in [0.717, 1.165) is 24.8 Å². The fraction of sp³-hybridized carbons (Fsp3) is 0.667. The lowest BCUT2D eigenvalue weighted by Gasteiger charge is -2.30. The van der Waals surface area contributed by atoms with E-state index in [1.165, 1.54) is 0 Å². The van der Waals surface area contributed by atoms with Gasteiger partial charge in [-0.25, -0.2) is 0 Å². The van der Waals surface area contributed by atoms with Crippen LogP contribution in [-0.2, 0) is 0 Å². The van der Waals surface area contributed by atoms with Crippen LogP contribution in [0.3, 0.4) is 0 Å². The molecule has 0 heterocycles. The SMILES string of the molecule is C=CC(C)(O)C(CCCC)C(=C)C. The molecule has 0 aromatic rings. The maximum atomic E-state index is 10.0. The fourth-order valence-corrected chi connectivity index (χ4v) is 1.59. The zero-order valence-electron chi connectivity index (χ0n) is 9.14. The Morgan fingerprint density at radius 2 is 2.15 bits per heavy atom. The average molecular weight is 182 g/mol. The highest BCUT2D eigenvalue weighted by Gasteiger charge is 2.28. The topological polar surface area (TPSA) is 20.2 Å². The van der Waals surface area contributed by atoms with Gasteiger partial charge in [0.2, 0.25) is 0 Å². The van der Waals surface area contributed by atoms with Gasteiger partial charge in [-0.2, -0.15) is 0 Å². The van der Waals surface area contributed by atoms with E-state index in [4.69, 9.17) is 0 Å². The van der Waals surface area contributed by atoms with E-state index in [1.807, 2.05) is 6.92 Å². The van der Waals surface area contributed by atoms with Crippen LogP contribution in [0, 0.1) is 5.92 Å². The van der Waals surface area contributed by atoms with Crippen molar-refractivity contribution >= 4 is 0 Å². The quantitative estimate of drug-likeness (QED) is 0.625. The van der Waals surface area contributed by atoms with Crippen LogP contribution in [0.2, 0.25) is 0 Å². The zero-order chi connectivity index (χ0) is 10.5. The molecule has 0 saturated carbocycles. The van der Waals surface area contributed by atoms with Gasteiger partial charge >= 0.3 is 0 Å². The molecule has 0 fully saturated rings. The molecule has 0 saturated heterocycles. The van der Waals surface area contributed by atoms with Crippen molar-refractivity contribution in [1.82, 2.24) is 0 Å². The van der Waals surface area contributed by atoms with Crippen molar-refractivity contribution in [2.24, 2.45) is 5.92 Å². The van der Waals surface area contributed by atoms with E-state index < -0.39 is 5.60 Å². The Kier molecular flexibility index (Phi) is 5.01. The molecule has 0 bridgehead atoms. The molecule has 0 spiro atoms. The minimum absolute atomic E-state index is 0.143. The van der Waals surface area contributed by atoms with Crippen molar-refractivity contribution < 1.29 is 5.11 Å². The third kappa shape index (κ3) is 3.77. The summed E-state index contributed by atoms with van der Waals surface area (Å²) >= 11 is 0. The fourth-order valence-electron chi connectivity index (χ4n) is 1.59. The Morgan fingerprint density at radius 3 is 2.46 bits per heavy atom. The molecule has 0 amide bonds. The summed E-state index contributed by atoms with van der Waals surface area (Å²) in [7, 11) is 0. The highest BCUT2D eigenvalue weighted by molar-refractivity contribution is 5.10. The molecule has 76 valence electrons. The Labute approximate surface area is 82.2 Å². The number of aliphatic hydroxyl groups is 1. The van der Waals surface area contributed by atoms with Crippen LogP contribution in [-0.4, -0.2) is 10.7 Å². The minimum atomic E-state index is -0.805. The summed E-state index contributed by atoms with van der Waals surface area (Å²) in [6.45, 7) is 13.5. The van der Waals surface area contributed by atoms with Gasteiger partial charge in [0.15, 0.2) is 0 Å². The zero-order valence-corrected chi connectivity index (χ0v) is 9.14. The van der Waals surface area contributed by atoms with E-state index in [-0.39, 0.29) is 5.92 Å². The molecule has 0 aromatic heterocycles. The van der Waals surface area contributed by atoms with Crippen LogP contribution in [0.25, 0.3) is 0 Å². The summed E-state index contributed by atoms with van der Waals surface area (Å²) in [5, 5.41) is 10.0. The van der Waals surface area contributed by atoms with Gasteiger partial charge < -0.3 is 5.11 Å². The van der Waals surface area contributed by atoms with Crippen molar-refractivity contribution in [2.75, 3.05) is 0 Å². The molecule has 0 aliphatic carbocycles. The van der Waals surface area contributed by atoms with Gasteiger partial charge in [-0.05, 0) is 20.3 Å². The molecular weight excluding hydrogens is 160 g/mol. The van der Waals surface area contributed by atoms with Gasteiger partial charge in [-0.15, -0.1) is 6.58 Å². The van der Waals surface area contributed by atoms with Crippen LogP contribution >= 0.6 is 0 Å². The van der Waals surface area contributed by atoms with Gasteiger partial charge in [0.05, 0.1) is 5.60 Å². The Morgan fingerprint density at radius 1 is 1.62 bits per heavy atom. The highest BCUT2D eigenvalue weighted by atomic mass is 16.3. The van der Waals surface area contributed by atoms with Crippen molar-refractivity contribution in [3.05, 3.63) is 24.8 Å². The van der Waals surface area contributed by atoms with Gasteiger partial charge in [-0.3, -0.25) is 0 Å². The second-order valence-corrected chi connectivity index (χ2v) is 3.97. The van der Waals surface area contributed by atoms with Gasteiger partial charge in [0, 0.05) is 5.92 Å². The van der Waals surface area contributed by atoms with E-state index >= 15 is 0 Å². The smallest absolute Gasteiger partial charge is 0.0861 e. The van der Waals surface area contributed by atoms with Crippen LogP contribution in [0.15, 0.2) is 24.8 Å². The second-order valence-electron chi connectivity index (χ2n) is 3.97. The lowest BCUT2D eigenvalue weighted by atomic mass is 9.81. The van der Waals surface area contributed by atoms with Crippen molar-refractivity contribution in [1.29, 1.82) is 0 Å². The predicted octanol–water partition coefficient (Wildman–Crippen LogP) is 3.31. The molecule has 2 atom stereocenters. The molecule has 1 heteroatoms. The van der Waals surface area contributed by atoms with Crippen LogP contribution in [0.1, 0.15) is 40.0 Å². The molecular formula is C12H22O. The minimum Gasteiger partial charge on any atom is -0.385 e. The summed E-state index contributed by atoms with van der Waals surface area (Å²) in [5.74, 6) is 0.143. The lowest BCUT2D eigenvalue weighted by molar-refractivity contribution is 0.0579. The van der Waals surface area contributed by atoms with Gasteiger partial charge in [0.1, 0.15) is 0 Å². The standard InChI is InChI=1S/C12H22O/c1-6-8-9-11(10(3)4)12(5,13)7-2/h7,11,13H,2-3,6,8-9H2,1,4-5H3. The Balaban J connectivity index is 4.41. The summed E-state index contributed by atoms with van der Waals surface area (Å²) in [4.78, 5) is 0. The van der Waals surface area contributed by atoms with E-state index in [9.17, 15) is 5.11 Å². The molecule has 0 rings (SSSR count). The Bertz CT molecular complexity index is 180. The summed E-state index contributed by atoms with van der Waals surface area (Å²) in [5.41, 5.74) is 0.236. The molecule has 0 radical (unpaired) electrons. The monoisotopic (exact) mass is 182 g/mol. The molecule has 1 N–H and O–H groups in total. The van der Waals surface area contributed by atoms with Gasteiger partial charge in [-0.1, -0.05) is 38.0 Å². The number of hydrogen-bond donors (Lipinski definition) is 1. The van der Waals surface area contributed by atoms with Gasteiger partial charge in [0.25, 0.3) is 0 Å². The molecule has 1 nitrogen and oxygen atoms in total. The van der Waals surface area contributed by atoms with E-state index in [0.29, 0.717) is 0 Å². The summed E-state index contributed by atoms with van der Waals surface area (Å²) in [6, 6.07) is 0. The maximum Gasteiger partial charge on any atom is 0.0861 e. The van der Waals surface area contributed by atoms with E-state index in [1.54, 1.807) is 13.0 Å². The predicted molar refractivity (Wildman–Crippen MR) is 58.6 cm³/mol. The Hall–Kier alpha value is -0.560. The molecule has 2 unspecified atom stereocenters. The number of hydrogen-bond acceptors (Lipinski definition) is 1. The first-order valence-electron chi connectivity index (χ1n) is 4.97. The van der Waals surface area contributed by atoms with Crippen LogP contribution in [0.5, 0.6) is 0 Å². The first-order chi connectivity index (χ1) is 5.95. The van der Waals surface area contributed by atoms with Crippen molar-refractivity contribution in [2.45, 2.75) is 45.6 Å². The molecule has 0 aliphatic rings. The largest absolute Gasteiger partial charge is 0.385 e. The molecule has 13 heavy (non-hydrogen) atoms. The maximum absolute atomic E-state index is 10.0. The third-order valence-corrected chi connectivity index (χ3v) is 2.56. The average Bonchev–Trinajstić information content (AvgIpc) is 2.04. The third-order valence-electron chi connectivity index (χ3n) is 2.56. The van der Waals surface area contributed by atoms with Crippen LogP contribution < -0.4 is 0 Å². The highest BCUT2D eigenvalue weighted by Crippen LogP contribution is 2.29. The second kappa shape index (κ2) is 5.23.